The van der Waals surface area contributed by atoms with E-state index in [1.165, 1.54) is 44.1 Å². The van der Waals surface area contributed by atoms with Crippen LogP contribution in [-0.2, 0) is 18.3 Å². The number of benzene rings is 1. The number of rotatable bonds is 6. The first-order chi connectivity index (χ1) is 12.7. The lowest BCUT2D eigenvalue weighted by atomic mass is 9.91. The number of ether oxygens (including phenoxy) is 1. The van der Waals surface area contributed by atoms with Gasteiger partial charge >= 0.3 is 5.97 Å². The van der Waals surface area contributed by atoms with Gasteiger partial charge in [0.25, 0.3) is 0 Å². The molecule has 1 heterocycles. The van der Waals surface area contributed by atoms with Crippen molar-refractivity contribution in [1.82, 2.24) is 9.88 Å². The second-order valence-corrected chi connectivity index (χ2v) is 7.09. The van der Waals surface area contributed by atoms with Gasteiger partial charge in [-0.05, 0) is 37.3 Å². The number of carbonyl (C=O) groups excluding carboxylic acids is 1. The molecule has 0 aliphatic heterocycles. The summed E-state index contributed by atoms with van der Waals surface area (Å²) in [7, 11) is 1.99. The van der Waals surface area contributed by atoms with Gasteiger partial charge in [0, 0.05) is 18.0 Å². The molecule has 0 unspecified atom stereocenters. The van der Waals surface area contributed by atoms with Gasteiger partial charge in [-0.3, -0.25) is 5.41 Å². The summed E-state index contributed by atoms with van der Waals surface area (Å²) in [4.78, 5) is 12.6. The fourth-order valence-corrected chi connectivity index (χ4v) is 4.16. The summed E-state index contributed by atoms with van der Waals surface area (Å²) in [6, 6.07) is 6.52. The number of carbonyl (C=O) groups is 1. The average molecular weight is 355 g/mol. The van der Waals surface area contributed by atoms with Crippen molar-refractivity contribution in [2.45, 2.75) is 57.9 Å². The van der Waals surface area contributed by atoms with Crippen LogP contribution in [0.2, 0.25) is 0 Å². The highest BCUT2D eigenvalue weighted by Crippen LogP contribution is 2.35. The number of esters is 1. The SMILES string of the molecule is CCOC(=O)c1c(CNC=N)n(C)c2cc(C3CCCCCC3)ccc12. The lowest BCUT2D eigenvalue weighted by Gasteiger charge is -2.15. The van der Waals surface area contributed by atoms with Crippen molar-refractivity contribution < 1.29 is 9.53 Å². The van der Waals surface area contributed by atoms with Crippen LogP contribution in [0.3, 0.4) is 0 Å². The van der Waals surface area contributed by atoms with Gasteiger partial charge in [-0.15, -0.1) is 0 Å². The van der Waals surface area contributed by atoms with Crippen molar-refractivity contribution in [3.63, 3.8) is 0 Å². The molecule has 1 saturated carbocycles. The zero-order valence-corrected chi connectivity index (χ0v) is 15.8. The Kier molecular flexibility index (Phi) is 5.96. The normalized spacial score (nSPS) is 15.6. The van der Waals surface area contributed by atoms with E-state index in [4.69, 9.17) is 10.1 Å². The van der Waals surface area contributed by atoms with E-state index in [2.05, 4.69) is 28.1 Å². The first-order valence-corrected chi connectivity index (χ1v) is 9.68. The van der Waals surface area contributed by atoms with E-state index in [1.54, 1.807) is 0 Å². The van der Waals surface area contributed by atoms with Crippen LogP contribution in [0.1, 0.15) is 73.0 Å². The molecule has 0 atom stereocenters. The first kappa shape index (κ1) is 18.5. The molecule has 2 aromatic rings. The molecule has 3 rings (SSSR count). The molecule has 2 N–H and O–H groups in total. The van der Waals surface area contributed by atoms with Crippen LogP contribution in [0.25, 0.3) is 10.9 Å². The summed E-state index contributed by atoms with van der Waals surface area (Å²) in [5.41, 5.74) is 3.92. The molecule has 5 heteroatoms. The molecule has 140 valence electrons. The van der Waals surface area contributed by atoms with Gasteiger partial charge in [-0.1, -0.05) is 37.8 Å². The molecule has 26 heavy (non-hydrogen) atoms. The molecule has 0 radical (unpaired) electrons. The maximum atomic E-state index is 12.6. The van der Waals surface area contributed by atoms with Crippen LogP contribution in [-0.4, -0.2) is 23.5 Å². The molecule has 1 aliphatic carbocycles. The average Bonchev–Trinajstić information content (AvgIpc) is 2.82. The van der Waals surface area contributed by atoms with Gasteiger partial charge in [0.05, 0.1) is 30.7 Å². The summed E-state index contributed by atoms with van der Waals surface area (Å²) >= 11 is 0. The predicted molar refractivity (Wildman–Crippen MR) is 105 cm³/mol. The summed E-state index contributed by atoms with van der Waals surface area (Å²) in [6.45, 7) is 2.61. The highest BCUT2D eigenvalue weighted by Gasteiger charge is 2.23. The van der Waals surface area contributed by atoms with E-state index in [-0.39, 0.29) is 5.97 Å². The quantitative estimate of drug-likeness (QED) is 0.347. The lowest BCUT2D eigenvalue weighted by Crippen LogP contribution is -2.16. The zero-order valence-electron chi connectivity index (χ0n) is 15.8. The number of nitrogens with zero attached hydrogens (tertiary/aromatic N) is 1. The molecular formula is C21H29N3O2. The zero-order chi connectivity index (χ0) is 18.5. The van der Waals surface area contributed by atoms with Crippen molar-refractivity contribution in [1.29, 1.82) is 5.41 Å². The van der Waals surface area contributed by atoms with E-state index >= 15 is 0 Å². The van der Waals surface area contributed by atoms with E-state index in [0.29, 0.717) is 24.6 Å². The summed E-state index contributed by atoms with van der Waals surface area (Å²) in [5.74, 6) is 0.327. The number of aromatic nitrogens is 1. The Morgan fingerprint density at radius 1 is 1.31 bits per heavy atom. The number of aryl methyl sites for hydroxylation is 1. The highest BCUT2D eigenvalue weighted by atomic mass is 16.5. The summed E-state index contributed by atoms with van der Waals surface area (Å²) < 4.78 is 7.36. The number of hydrogen-bond acceptors (Lipinski definition) is 3. The molecule has 5 nitrogen and oxygen atoms in total. The number of fused-ring (bicyclic) bond motifs is 1. The second kappa shape index (κ2) is 8.39. The predicted octanol–water partition coefficient (Wildman–Crippen LogP) is 4.49. The smallest absolute Gasteiger partial charge is 0.340 e. The number of hydrogen-bond donors (Lipinski definition) is 2. The van der Waals surface area contributed by atoms with Gasteiger partial charge in [0.2, 0.25) is 0 Å². The minimum Gasteiger partial charge on any atom is -0.462 e. The Hall–Kier alpha value is -2.30. The largest absolute Gasteiger partial charge is 0.462 e. The van der Waals surface area contributed by atoms with Crippen LogP contribution in [0.4, 0.5) is 0 Å². The van der Waals surface area contributed by atoms with Crippen LogP contribution in [0, 0.1) is 5.41 Å². The van der Waals surface area contributed by atoms with Crippen molar-refractivity contribution in [2.24, 2.45) is 7.05 Å². The Morgan fingerprint density at radius 3 is 2.69 bits per heavy atom. The van der Waals surface area contributed by atoms with Crippen LogP contribution >= 0.6 is 0 Å². The number of nitrogens with one attached hydrogen (secondary N) is 2. The molecule has 1 fully saturated rings. The van der Waals surface area contributed by atoms with Crippen molar-refractivity contribution in [2.75, 3.05) is 6.61 Å². The maximum Gasteiger partial charge on any atom is 0.340 e. The van der Waals surface area contributed by atoms with Gasteiger partial charge in [-0.25, -0.2) is 4.79 Å². The molecular weight excluding hydrogens is 326 g/mol. The van der Waals surface area contributed by atoms with Crippen molar-refractivity contribution in [3.05, 3.63) is 35.0 Å². The van der Waals surface area contributed by atoms with E-state index in [0.717, 1.165) is 22.9 Å². The van der Waals surface area contributed by atoms with E-state index in [1.807, 2.05) is 14.0 Å². The second-order valence-electron chi connectivity index (χ2n) is 7.09. The molecule has 0 amide bonds. The van der Waals surface area contributed by atoms with Crippen molar-refractivity contribution >= 4 is 23.2 Å². The molecule has 1 aromatic carbocycles. The molecule has 1 aliphatic rings. The first-order valence-electron chi connectivity index (χ1n) is 9.68. The Morgan fingerprint density at radius 2 is 2.04 bits per heavy atom. The maximum absolute atomic E-state index is 12.6. The topological polar surface area (TPSA) is 67.1 Å². The van der Waals surface area contributed by atoms with E-state index in [9.17, 15) is 4.79 Å². The minimum atomic E-state index is -0.290. The lowest BCUT2D eigenvalue weighted by molar-refractivity contribution is 0.0527. The standard InChI is InChI=1S/C21H29N3O2/c1-3-26-21(25)20-17-11-10-16(15-8-6-4-5-7-9-15)12-18(17)24(2)19(20)13-23-14-22/h10-12,14-15H,3-9,13H2,1-2H3,(H2,22,23). The third kappa shape index (κ3) is 3.62. The fraction of sp³-hybridized carbons (Fsp3) is 0.524. The fourth-order valence-electron chi connectivity index (χ4n) is 4.16. The molecule has 0 bridgehead atoms. The third-order valence-electron chi connectivity index (χ3n) is 5.52. The van der Waals surface area contributed by atoms with Crippen LogP contribution < -0.4 is 5.32 Å². The van der Waals surface area contributed by atoms with Gasteiger partial charge < -0.3 is 14.6 Å². The Bertz CT molecular complexity index is 786. The summed E-state index contributed by atoms with van der Waals surface area (Å²) in [6.07, 6.45) is 8.96. The van der Waals surface area contributed by atoms with Crippen LogP contribution in [0.5, 0.6) is 0 Å². The van der Waals surface area contributed by atoms with E-state index < -0.39 is 0 Å². The Balaban J connectivity index is 2.06. The molecule has 0 spiro atoms. The summed E-state index contributed by atoms with van der Waals surface area (Å²) in [5, 5.41) is 11.1. The van der Waals surface area contributed by atoms with Gasteiger partial charge in [0.1, 0.15) is 0 Å². The third-order valence-corrected chi connectivity index (χ3v) is 5.52. The molecule has 1 aromatic heterocycles. The van der Waals surface area contributed by atoms with Crippen molar-refractivity contribution in [3.8, 4) is 0 Å². The minimum absolute atomic E-state index is 0.290. The highest BCUT2D eigenvalue weighted by molar-refractivity contribution is 6.06. The van der Waals surface area contributed by atoms with Crippen LogP contribution in [0.15, 0.2) is 18.2 Å². The van der Waals surface area contributed by atoms with Gasteiger partial charge in [0.15, 0.2) is 0 Å². The van der Waals surface area contributed by atoms with Gasteiger partial charge in [-0.2, -0.15) is 0 Å². The monoisotopic (exact) mass is 355 g/mol. The molecule has 0 saturated heterocycles. The Labute approximate surface area is 155 Å².